The number of halogens is 3. The van der Waals surface area contributed by atoms with Crippen LogP contribution in [0.1, 0.15) is 11.1 Å². The van der Waals surface area contributed by atoms with E-state index < -0.39 is 21.8 Å². The number of sulfonamides is 1. The fraction of sp³-hybridized carbons (Fsp3) is 0.190. The molecule has 0 spiro atoms. The Balaban J connectivity index is 1.44. The molecule has 2 aromatic heterocycles. The van der Waals surface area contributed by atoms with Crippen LogP contribution < -0.4 is 9.46 Å². The molecular weight excluding hydrogens is 445 g/mol. The van der Waals surface area contributed by atoms with Crippen molar-refractivity contribution < 1.29 is 26.3 Å². The van der Waals surface area contributed by atoms with E-state index in [1.807, 2.05) is 18.2 Å². The molecule has 0 saturated heterocycles. The summed E-state index contributed by atoms with van der Waals surface area (Å²) in [6.07, 6.45) is -0.804. The Morgan fingerprint density at radius 1 is 1.12 bits per heavy atom. The van der Waals surface area contributed by atoms with E-state index >= 15 is 0 Å². The maximum absolute atomic E-state index is 12.6. The van der Waals surface area contributed by atoms with E-state index in [0.29, 0.717) is 23.2 Å². The third-order valence-corrected chi connectivity index (χ3v) is 6.05. The topological polar surface area (TPSA) is 89.0 Å². The van der Waals surface area contributed by atoms with Crippen LogP contribution >= 0.6 is 0 Å². The number of hydrogen-bond donors (Lipinski definition) is 2. The number of fused-ring (bicyclic) bond motifs is 1. The Hall–Kier alpha value is -3.47. The van der Waals surface area contributed by atoms with Crippen molar-refractivity contribution in [2.24, 2.45) is 7.05 Å². The van der Waals surface area contributed by atoms with E-state index in [2.05, 4.69) is 14.8 Å². The predicted molar refractivity (Wildman–Crippen MR) is 113 cm³/mol. The predicted octanol–water partition coefficient (Wildman–Crippen LogP) is 4.34. The van der Waals surface area contributed by atoms with Crippen molar-refractivity contribution in [3.05, 3.63) is 72.1 Å². The number of H-pyrrole nitrogens is 1. The van der Waals surface area contributed by atoms with Crippen LogP contribution in [0.5, 0.6) is 5.75 Å². The van der Waals surface area contributed by atoms with E-state index in [0.717, 1.165) is 23.2 Å². The van der Waals surface area contributed by atoms with Crippen molar-refractivity contribution in [1.82, 2.24) is 14.8 Å². The van der Waals surface area contributed by atoms with E-state index in [1.54, 1.807) is 19.4 Å². The van der Waals surface area contributed by atoms with Gasteiger partial charge in [-0.2, -0.15) is 26.7 Å². The number of benzene rings is 2. The van der Waals surface area contributed by atoms with E-state index in [1.165, 1.54) is 22.9 Å². The number of anilines is 1. The maximum Gasteiger partial charge on any atom is 0.416 e. The second kappa shape index (κ2) is 8.23. The van der Waals surface area contributed by atoms with E-state index in [9.17, 15) is 21.6 Å². The zero-order chi connectivity index (χ0) is 22.9. The van der Waals surface area contributed by atoms with Crippen LogP contribution in [-0.4, -0.2) is 29.8 Å². The average Bonchev–Trinajstić information content (AvgIpc) is 3.34. The smallest absolute Gasteiger partial charge is 0.416 e. The Labute approximate surface area is 181 Å². The van der Waals surface area contributed by atoms with Gasteiger partial charge in [-0.3, -0.25) is 9.40 Å². The van der Waals surface area contributed by atoms with Gasteiger partial charge in [-0.25, -0.2) is 0 Å². The van der Waals surface area contributed by atoms with Crippen LogP contribution in [0.4, 0.5) is 18.9 Å². The molecule has 0 saturated carbocycles. The van der Waals surface area contributed by atoms with Crippen molar-refractivity contribution in [3.63, 3.8) is 0 Å². The highest BCUT2D eigenvalue weighted by atomic mass is 32.2. The molecule has 0 atom stereocenters. The first-order valence-electron chi connectivity index (χ1n) is 9.54. The molecule has 2 N–H and O–H groups in total. The number of alkyl halides is 3. The van der Waals surface area contributed by atoms with Gasteiger partial charge in [0.25, 0.3) is 10.0 Å². The summed E-state index contributed by atoms with van der Waals surface area (Å²) in [7, 11) is -2.21. The first-order valence-corrected chi connectivity index (χ1v) is 11.0. The van der Waals surface area contributed by atoms with E-state index in [4.69, 9.17) is 4.74 Å². The molecule has 0 aliphatic heterocycles. The average molecular weight is 464 g/mol. The van der Waals surface area contributed by atoms with Crippen molar-refractivity contribution in [3.8, 4) is 5.75 Å². The van der Waals surface area contributed by atoms with Crippen molar-refractivity contribution in [2.45, 2.75) is 17.6 Å². The molecule has 0 fully saturated rings. The second-order valence-corrected chi connectivity index (χ2v) is 8.77. The molecule has 0 bridgehead atoms. The minimum Gasteiger partial charge on any atom is -0.493 e. The summed E-state index contributed by atoms with van der Waals surface area (Å²) in [5, 5.41) is 4.52. The van der Waals surface area contributed by atoms with Crippen LogP contribution in [0.2, 0.25) is 0 Å². The number of ether oxygens (including phenoxy) is 1. The molecule has 2 heterocycles. The zero-order valence-electron chi connectivity index (χ0n) is 16.8. The molecule has 2 aromatic carbocycles. The Morgan fingerprint density at radius 3 is 2.53 bits per heavy atom. The monoisotopic (exact) mass is 464 g/mol. The summed E-state index contributed by atoms with van der Waals surface area (Å²) in [5.41, 5.74) is 1.28. The Morgan fingerprint density at radius 2 is 1.88 bits per heavy atom. The number of nitrogens with zero attached hydrogens (tertiary/aromatic N) is 2. The molecule has 0 radical (unpaired) electrons. The highest BCUT2D eigenvalue weighted by Gasteiger charge is 2.30. The van der Waals surface area contributed by atoms with Crippen molar-refractivity contribution in [1.29, 1.82) is 0 Å². The van der Waals surface area contributed by atoms with Gasteiger partial charge >= 0.3 is 6.18 Å². The Bertz CT molecular complexity index is 1340. The lowest BCUT2D eigenvalue weighted by Gasteiger charge is -2.09. The summed E-state index contributed by atoms with van der Waals surface area (Å²) in [6.45, 7) is 0.246. The molecule has 0 amide bonds. The van der Waals surface area contributed by atoms with Crippen LogP contribution in [0.25, 0.3) is 10.9 Å². The third-order valence-electron chi connectivity index (χ3n) is 4.80. The second-order valence-electron chi connectivity index (χ2n) is 7.14. The molecule has 4 aromatic rings. The highest BCUT2D eigenvalue weighted by molar-refractivity contribution is 7.92. The number of nitrogens with one attached hydrogen (secondary N) is 2. The minimum absolute atomic E-state index is 0.0875. The van der Waals surface area contributed by atoms with Crippen LogP contribution in [-0.2, 0) is 29.7 Å². The number of rotatable bonds is 7. The molecule has 11 heteroatoms. The van der Waals surface area contributed by atoms with Crippen LogP contribution in [0.3, 0.4) is 0 Å². The van der Waals surface area contributed by atoms with Gasteiger partial charge in [0.15, 0.2) is 5.03 Å². The van der Waals surface area contributed by atoms with Gasteiger partial charge in [0.2, 0.25) is 0 Å². The van der Waals surface area contributed by atoms with Crippen molar-refractivity contribution >= 4 is 26.6 Å². The standard InChI is InChI=1S/C21H19F3N4O3S/c1-28-10-8-20(26-28)32(29,30)27-19-13-25-18-7-2-14(12-17(18)19)9-11-31-16-5-3-15(4-6-16)21(22,23)24/h2-8,10,12-13,25,27H,9,11H2,1H3. The van der Waals surface area contributed by atoms with Crippen LogP contribution in [0.15, 0.2) is 66.0 Å². The van der Waals surface area contributed by atoms with Gasteiger partial charge in [-0.1, -0.05) is 6.07 Å². The quantitative estimate of drug-likeness (QED) is 0.426. The lowest BCUT2D eigenvalue weighted by atomic mass is 10.1. The summed E-state index contributed by atoms with van der Waals surface area (Å²) < 4.78 is 72.5. The summed E-state index contributed by atoms with van der Waals surface area (Å²) in [4.78, 5) is 3.02. The molecular formula is C21H19F3N4O3S. The summed E-state index contributed by atoms with van der Waals surface area (Å²) in [5.74, 6) is 0.338. The maximum atomic E-state index is 12.6. The number of aryl methyl sites for hydroxylation is 1. The third kappa shape index (κ3) is 4.72. The number of hydrogen-bond acceptors (Lipinski definition) is 4. The number of aromatic amines is 1. The normalized spacial score (nSPS) is 12.2. The van der Waals surface area contributed by atoms with Gasteiger partial charge in [-0.15, -0.1) is 0 Å². The summed E-state index contributed by atoms with van der Waals surface area (Å²) in [6, 6.07) is 11.4. The fourth-order valence-corrected chi connectivity index (χ4v) is 4.21. The Kier molecular flexibility index (Phi) is 5.59. The number of aromatic nitrogens is 3. The van der Waals surface area contributed by atoms with E-state index in [-0.39, 0.29) is 11.6 Å². The lowest BCUT2D eigenvalue weighted by Crippen LogP contribution is -2.13. The van der Waals surface area contributed by atoms with Gasteiger partial charge in [0, 0.05) is 36.8 Å². The van der Waals surface area contributed by atoms with Crippen molar-refractivity contribution in [2.75, 3.05) is 11.3 Å². The molecule has 168 valence electrons. The summed E-state index contributed by atoms with van der Waals surface area (Å²) >= 11 is 0. The highest BCUT2D eigenvalue weighted by Crippen LogP contribution is 2.30. The lowest BCUT2D eigenvalue weighted by molar-refractivity contribution is -0.137. The first-order chi connectivity index (χ1) is 15.1. The largest absolute Gasteiger partial charge is 0.493 e. The molecule has 4 rings (SSSR count). The molecule has 0 unspecified atom stereocenters. The first kappa shape index (κ1) is 21.8. The van der Waals surface area contributed by atoms with Gasteiger partial charge in [-0.05, 0) is 48.0 Å². The van der Waals surface area contributed by atoms with Gasteiger partial charge in [0.05, 0.1) is 17.9 Å². The van der Waals surface area contributed by atoms with Gasteiger partial charge in [0.1, 0.15) is 5.75 Å². The molecule has 0 aliphatic rings. The molecule has 32 heavy (non-hydrogen) atoms. The SMILES string of the molecule is Cn1ccc(S(=O)(=O)Nc2c[nH]c3ccc(CCOc4ccc(C(F)(F)F)cc4)cc23)n1. The fourth-order valence-electron chi connectivity index (χ4n) is 3.17. The molecule has 7 nitrogen and oxygen atoms in total. The van der Waals surface area contributed by atoms with Crippen LogP contribution in [0, 0.1) is 0 Å². The molecule has 0 aliphatic carbocycles. The zero-order valence-corrected chi connectivity index (χ0v) is 17.7. The minimum atomic E-state index is -4.39. The van der Waals surface area contributed by atoms with Gasteiger partial charge < -0.3 is 9.72 Å².